The van der Waals surface area contributed by atoms with Crippen molar-refractivity contribution in [2.45, 2.75) is 26.7 Å². The Morgan fingerprint density at radius 1 is 1.44 bits per heavy atom. The van der Waals surface area contributed by atoms with Gasteiger partial charge in [0.1, 0.15) is 5.82 Å². The molecule has 86 valence electrons. The maximum Gasteiger partial charge on any atom is 0.307 e. The van der Waals surface area contributed by atoms with Crippen LogP contribution < -0.4 is 0 Å². The molecule has 2 atom stereocenters. The fourth-order valence-electron chi connectivity index (χ4n) is 2.52. The average molecular weight is 222 g/mol. The number of hydrogen-bond acceptors (Lipinski definition) is 1. The highest BCUT2D eigenvalue weighted by Gasteiger charge is 2.62. The van der Waals surface area contributed by atoms with Crippen molar-refractivity contribution in [3.8, 4) is 0 Å². The van der Waals surface area contributed by atoms with Gasteiger partial charge in [0, 0.05) is 5.92 Å². The van der Waals surface area contributed by atoms with Crippen LogP contribution in [0.25, 0.3) is 0 Å². The summed E-state index contributed by atoms with van der Waals surface area (Å²) < 4.78 is 13.4. The molecule has 16 heavy (non-hydrogen) atoms. The lowest BCUT2D eigenvalue weighted by molar-refractivity contribution is -0.139. The van der Waals surface area contributed by atoms with Crippen molar-refractivity contribution in [2.24, 2.45) is 11.3 Å². The van der Waals surface area contributed by atoms with E-state index in [9.17, 15) is 9.18 Å². The Bertz CT molecular complexity index is 451. The van der Waals surface area contributed by atoms with Gasteiger partial charge in [-0.25, -0.2) is 4.39 Å². The highest BCUT2D eigenvalue weighted by Crippen LogP contribution is 2.64. The van der Waals surface area contributed by atoms with Gasteiger partial charge in [0.2, 0.25) is 0 Å². The summed E-state index contributed by atoms with van der Waals surface area (Å²) >= 11 is 0. The third-order valence-corrected chi connectivity index (χ3v) is 3.65. The third kappa shape index (κ3) is 1.51. The molecule has 0 aromatic heterocycles. The van der Waals surface area contributed by atoms with Gasteiger partial charge < -0.3 is 5.11 Å². The molecule has 0 amide bonds. The maximum absolute atomic E-state index is 13.4. The van der Waals surface area contributed by atoms with E-state index in [0.717, 1.165) is 5.56 Å². The number of aliphatic carboxylic acids is 1. The summed E-state index contributed by atoms with van der Waals surface area (Å²) in [6.45, 7) is 5.52. The molecular formula is C13H15FO2. The van der Waals surface area contributed by atoms with Gasteiger partial charge in [0.15, 0.2) is 0 Å². The summed E-state index contributed by atoms with van der Waals surface area (Å²) in [5, 5.41) is 9.05. The summed E-state index contributed by atoms with van der Waals surface area (Å²) in [6, 6.07) is 5.00. The monoisotopic (exact) mass is 222 g/mol. The first kappa shape index (κ1) is 11.1. The Morgan fingerprint density at radius 3 is 2.50 bits per heavy atom. The summed E-state index contributed by atoms with van der Waals surface area (Å²) in [5.74, 6) is -1.52. The molecule has 1 N–H and O–H groups in total. The molecule has 1 fully saturated rings. The number of carboxylic acid groups (broad SMARTS) is 1. The van der Waals surface area contributed by atoms with E-state index in [1.165, 1.54) is 6.07 Å². The standard InChI is InChI=1S/C13H15FO2/c1-7-4-5-8(6-9(7)14)10-11(12(15)16)13(10,2)3/h4-6,10-11H,1-3H3,(H,15,16). The third-order valence-electron chi connectivity index (χ3n) is 3.65. The summed E-state index contributed by atoms with van der Waals surface area (Å²) in [6.07, 6.45) is 0. The van der Waals surface area contributed by atoms with E-state index in [4.69, 9.17) is 5.11 Å². The molecule has 0 saturated heterocycles. The Morgan fingerprint density at radius 2 is 2.06 bits per heavy atom. The predicted octanol–water partition coefficient (Wildman–Crippen LogP) is 2.96. The number of aryl methyl sites for hydroxylation is 1. The van der Waals surface area contributed by atoms with Gasteiger partial charge in [-0.15, -0.1) is 0 Å². The van der Waals surface area contributed by atoms with Gasteiger partial charge in [-0.05, 0) is 29.5 Å². The molecule has 1 aromatic carbocycles. The second kappa shape index (κ2) is 3.30. The first-order chi connectivity index (χ1) is 7.35. The van der Waals surface area contributed by atoms with E-state index in [0.29, 0.717) is 5.56 Å². The molecule has 2 rings (SSSR count). The van der Waals surface area contributed by atoms with Crippen LogP contribution in [0.4, 0.5) is 4.39 Å². The van der Waals surface area contributed by atoms with E-state index >= 15 is 0 Å². The van der Waals surface area contributed by atoms with Crippen LogP contribution in [-0.4, -0.2) is 11.1 Å². The largest absolute Gasteiger partial charge is 0.481 e. The van der Waals surface area contributed by atoms with Crippen LogP contribution in [0.5, 0.6) is 0 Å². The highest BCUT2D eigenvalue weighted by molar-refractivity contribution is 5.77. The van der Waals surface area contributed by atoms with E-state index in [2.05, 4.69) is 0 Å². The number of carboxylic acids is 1. The Hall–Kier alpha value is -1.38. The molecule has 3 heteroatoms. The number of halogens is 1. The number of hydrogen-bond donors (Lipinski definition) is 1. The summed E-state index contributed by atoms with van der Waals surface area (Å²) in [7, 11) is 0. The average Bonchev–Trinajstić information content (AvgIpc) is 2.74. The number of carbonyl (C=O) groups is 1. The molecule has 1 saturated carbocycles. The van der Waals surface area contributed by atoms with Crippen molar-refractivity contribution in [1.82, 2.24) is 0 Å². The lowest BCUT2D eigenvalue weighted by Crippen LogP contribution is -2.03. The van der Waals surface area contributed by atoms with Gasteiger partial charge in [0.05, 0.1) is 5.92 Å². The minimum Gasteiger partial charge on any atom is -0.481 e. The molecule has 1 aliphatic carbocycles. The lowest BCUT2D eigenvalue weighted by Gasteiger charge is -2.04. The molecule has 0 spiro atoms. The minimum absolute atomic E-state index is 0.0694. The van der Waals surface area contributed by atoms with Gasteiger partial charge in [-0.3, -0.25) is 4.79 Å². The molecule has 2 nitrogen and oxygen atoms in total. The van der Waals surface area contributed by atoms with Crippen LogP contribution in [-0.2, 0) is 4.79 Å². The molecule has 0 heterocycles. The van der Waals surface area contributed by atoms with E-state index < -0.39 is 11.9 Å². The topological polar surface area (TPSA) is 37.3 Å². The van der Waals surface area contributed by atoms with Gasteiger partial charge in [-0.2, -0.15) is 0 Å². The number of rotatable bonds is 2. The minimum atomic E-state index is -0.795. The van der Waals surface area contributed by atoms with Crippen molar-refractivity contribution in [3.63, 3.8) is 0 Å². The molecule has 0 bridgehead atoms. The van der Waals surface area contributed by atoms with Crippen LogP contribution in [0.2, 0.25) is 0 Å². The maximum atomic E-state index is 13.4. The Balaban J connectivity index is 2.33. The zero-order chi connectivity index (χ0) is 12.1. The van der Waals surface area contributed by atoms with Gasteiger partial charge >= 0.3 is 5.97 Å². The SMILES string of the molecule is Cc1ccc(C2C(C(=O)O)C2(C)C)cc1F. The first-order valence-electron chi connectivity index (χ1n) is 5.34. The quantitative estimate of drug-likeness (QED) is 0.835. The van der Waals surface area contributed by atoms with Crippen molar-refractivity contribution >= 4 is 5.97 Å². The first-order valence-corrected chi connectivity index (χ1v) is 5.34. The van der Waals surface area contributed by atoms with E-state index in [1.54, 1.807) is 13.0 Å². The van der Waals surface area contributed by atoms with Crippen LogP contribution in [0, 0.1) is 24.1 Å². The van der Waals surface area contributed by atoms with E-state index in [-0.39, 0.29) is 17.2 Å². The lowest BCUT2D eigenvalue weighted by atomic mass is 10.0. The van der Waals surface area contributed by atoms with E-state index in [1.807, 2.05) is 19.9 Å². The Labute approximate surface area is 94.1 Å². The molecule has 1 aromatic rings. The number of benzene rings is 1. The normalized spacial score (nSPS) is 26.5. The molecular weight excluding hydrogens is 207 g/mol. The Kier molecular flexibility index (Phi) is 2.30. The van der Waals surface area contributed by atoms with Gasteiger partial charge in [0.25, 0.3) is 0 Å². The highest BCUT2D eigenvalue weighted by atomic mass is 19.1. The van der Waals surface area contributed by atoms with Crippen molar-refractivity contribution in [3.05, 3.63) is 35.1 Å². The smallest absolute Gasteiger partial charge is 0.307 e. The van der Waals surface area contributed by atoms with Crippen LogP contribution in [0.3, 0.4) is 0 Å². The van der Waals surface area contributed by atoms with Crippen molar-refractivity contribution in [1.29, 1.82) is 0 Å². The van der Waals surface area contributed by atoms with Crippen LogP contribution in [0.1, 0.15) is 30.9 Å². The predicted molar refractivity (Wildman–Crippen MR) is 58.8 cm³/mol. The zero-order valence-corrected chi connectivity index (χ0v) is 9.62. The van der Waals surface area contributed by atoms with Crippen LogP contribution in [0.15, 0.2) is 18.2 Å². The van der Waals surface area contributed by atoms with Gasteiger partial charge in [-0.1, -0.05) is 26.0 Å². The van der Waals surface area contributed by atoms with Crippen molar-refractivity contribution < 1.29 is 14.3 Å². The molecule has 0 radical (unpaired) electrons. The molecule has 2 unspecified atom stereocenters. The van der Waals surface area contributed by atoms with Crippen LogP contribution >= 0.6 is 0 Å². The van der Waals surface area contributed by atoms with Crippen molar-refractivity contribution in [2.75, 3.05) is 0 Å². The zero-order valence-electron chi connectivity index (χ0n) is 9.62. The summed E-state index contributed by atoms with van der Waals surface area (Å²) in [5.41, 5.74) is 1.11. The molecule has 1 aliphatic rings. The molecule has 0 aliphatic heterocycles. The fraction of sp³-hybridized carbons (Fsp3) is 0.462. The summed E-state index contributed by atoms with van der Waals surface area (Å²) in [4.78, 5) is 11.0. The second-order valence-electron chi connectivity index (χ2n) is 5.12. The second-order valence-corrected chi connectivity index (χ2v) is 5.12. The fourth-order valence-corrected chi connectivity index (χ4v) is 2.52.